The summed E-state index contributed by atoms with van der Waals surface area (Å²) in [5, 5.41) is 7.82. The van der Waals surface area contributed by atoms with Crippen LogP contribution < -0.4 is 4.72 Å². The van der Waals surface area contributed by atoms with E-state index >= 15 is 4.39 Å². The zero-order chi connectivity index (χ0) is 20.1. The fourth-order valence-electron chi connectivity index (χ4n) is 3.59. The highest BCUT2D eigenvalue weighted by atomic mass is 32.2. The van der Waals surface area contributed by atoms with Gasteiger partial charge in [0.25, 0.3) is 0 Å². The first-order valence-corrected chi connectivity index (χ1v) is 11.1. The molecule has 1 aliphatic carbocycles. The molecule has 3 rings (SSSR count). The second kappa shape index (κ2) is 9.11. The maximum atomic E-state index is 15.6. The maximum absolute atomic E-state index is 15.6. The van der Waals surface area contributed by atoms with Crippen molar-refractivity contribution in [1.29, 1.82) is 0 Å². The van der Waals surface area contributed by atoms with E-state index in [2.05, 4.69) is 21.8 Å². The van der Waals surface area contributed by atoms with Crippen LogP contribution in [0.4, 0.5) is 4.39 Å². The van der Waals surface area contributed by atoms with Crippen LogP contribution in [0.25, 0.3) is 0 Å². The van der Waals surface area contributed by atoms with E-state index in [1.165, 1.54) is 18.5 Å². The number of aryl methyl sites for hydroxylation is 1. The Morgan fingerprint density at radius 2 is 2.04 bits per heavy atom. The lowest BCUT2D eigenvalue weighted by Crippen LogP contribution is -2.52. The lowest BCUT2D eigenvalue weighted by atomic mass is 9.87. The minimum absolute atomic E-state index is 0.126. The van der Waals surface area contributed by atoms with Gasteiger partial charge in [0.15, 0.2) is 0 Å². The molecule has 4 atom stereocenters. The van der Waals surface area contributed by atoms with Crippen LogP contribution in [0.15, 0.2) is 41.6 Å². The number of halogens is 1. The molecule has 1 aromatic carbocycles. The number of aromatic nitrogens is 3. The van der Waals surface area contributed by atoms with Gasteiger partial charge in [0.2, 0.25) is 10.0 Å². The number of nitrogens with one attached hydrogen (secondary N) is 1. The fraction of sp³-hybridized carbons (Fsp3) is 0.579. The highest BCUT2D eigenvalue weighted by Crippen LogP contribution is 2.35. The predicted octanol–water partition coefficient (Wildman–Crippen LogP) is 2.79. The number of ether oxygens (including phenoxy) is 1. The SMILES string of the molecule is CCCCOC1CC[C@H](NS(=O)(=O)c2ccccc2)C(F)[C@@H]1n1cnnc1C. The third-order valence-electron chi connectivity index (χ3n) is 5.12. The monoisotopic (exact) mass is 410 g/mol. The van der Waals surface area contributed by atoms with Crippen molar-refractivity contribution < 1.29 is 17.5 Å². The number of nitrogens with zero attached hydrogens (tertiary/aromatic N) is 3. The Labute approximate surface area is 165 Å². The van der Waals surface area contributed by atoms with Crippen molar-refractivity contribution in [3.8, 4) is 0 Å². The zero-order valence-electron chi connectivity index (χ0n) is 16.2. The van der Waals surface area contributed by atoms with Gasteiger partial charge in [-0.3, -0.25) is 0 Å². The van der Waals surface area contributed by atoms with Gasteiger partial charge in [-0.1, -0.05) is 31.5 Å². The molecule has 2 unspecified atom stereocenters. The normalized spacial score (nSPS) is 25.7. The van der Waals surface area contributed by atoms with E-state index in [0.29, 0.717) is 25.3 Å². The third-order valence-corrected chi connectivity index (χ3v) is 6.62. The van der Waals surface area contributed by atoms with Gasteiger partial charge in [0.1, 0.15) is 18.3 Å². The molecule has 0 spiro atoms. The molecule has 0 bridgehead atoms. The summed E-state index contributed by atoms with van der Waals surface area (Å²) in [6.45, 7) is 4.37. The zero-order valence-corrected chi connectivity index (χ0v) is 17.0. The molecular formula is C19H27FN4O3S. The first-order chi connectivity index (χ1) is 13.4. The van der Waals surface area contributed by atoms with Gasteiger partial charge in [0.05, 0.1) is 23.1 Å². The Morgan fingerprint density at radius 1 is 1.29 bits per heavy atom. The largest absolute Gasteiger partial charge is 0.376 e. The lowest BCUT2D eigenvalue weighted by Gasteiger charge is -2.39. The van der Waals surface area contributed by atoms with Crippen LogP contribution in [0, 0.1) is 6.92 Å². The van der Waals surface area contributed by atoms with Crippen LogP contribution in [-0.4, -0.2) is 48.1 Å². The summed E-state index contributed by atoms with van der Waals surface area (Å²) in [5.74, 6) is 0.573. The molecule has 1 aliphatic rings. The van der Waals surface area contributed by atoms with Crippen molar-refractivity contribution in [3.05, 3.63) is 42.5 Å². The first kappa shape index (κ1) is 20.9. The number of alkyl halides is 1. The molecule has 0 amide bonds. The number of benzene rings is 1. The van der Waals surface area contributed by atoms with Crippen molar-refractivity contribution in [2.45, 2.75) is 68.8 Å². The quantitative estimate of drug-likeness (QED) is 0.677. The summed E-state index contributed by atoms with van der Waals surface area (Å²) >= 11 is 0. The molecular weight excluding hydrogens is 383 g/mol. The molecule has 1 N–H and O–H groups in total. The molecule has 2 aromatic rings. The van der Waals surface area contributed by atoms with Gasteiger partial charge in [-0.15, -0.1) is 10.2 Å². The summed E-state index contributed by atoms with van der Waals surface area (Å²) in [7, 11) is -3.80. The summed E-state index contributed by atoms with van der Waals surface area (Å²) < 4.78 is 51.1. The Balaban J connectivity index is 1.81. The Morgan fingerprint density at radius 3 is 2.68 bits per heavy atom. The summed E-state index contributed by atoms with van der Waals surface area (Å²) in [6.07, 6.45) is 2.46. The second-order valence-electron chi connectivity index (χ2n) is 7.10. The highest BCUT2D eigenvalue weighted by Gasteiger charge is 2.43. The summed E-state index contributed by atoms with van der Waals surface area (Å²) in [6, 6.07) is 6.49. The molecule has 1 fully saturated rings. The van der Waals surface area contributed by atoms with Crippen molar-refractivity contribution in [2.75, 3.05) is 6.61 Å². The van der Waals surface area contributed by atoms with E-state index < -0.39 is 28.3 Å². The van der Waals surface area contributed by atoms with E-state index in [4.69, 9.17) is 4.74 Å². The van der Waals surface area contributed by atoms with E-state index in [1.807, 2.05) is 0 Å². The van der Waals surface area contributed by atoms with Gasteiger partial charge in [-0.25, -0.2) is 17.5 Å². The molecule has 9 heteroatoms. The van der Waals surface area contributed by atoms with E-state index in [0.717, 1.165) is 12.8 Å². The van der Waals surface area contributed by atoms with Gasteiger partial charge in [-0.05, 0) is 38.3 Å². The smallest absolute Gasteiger partial charge is 0.240 e. The van der Waals surface area contributed by atoms with Gasteiger partial charge in [0, 0.05) is 6.61 Å². The van der Waals surface area contributed by atoms with Crippen LogP contribution >= 0.6 is 0 Å². The molecule has 1 saturated carbocycles. The first-order valence-electron chi connectivity index (χ1n) is 9.63. The number of hydrogen-bond donors (Lipinski definition) is 1. The molecule has 1 heterocycles. The minimum Gasteiger partial charge on any atom is -0.376 e. The van der Waals surface area contributed by atoms with Crippen LogP contribution in [0.3, 0.4) is 0 Å². The molecule has 0 saturated heterocycles. The second-order valence-corrected chi connectivity index (χ2v) is 8.82. The van der Waals surface area contributed by atoms with E-state index in [9.17, 15) is 8.42 Å². The topological polar surface area (TPSA) is 86.1 Å². The summed E-state index contributed by atoms with van der Waals surface area (Å²) in [4.78, 5) is 0.126. The molecule has 154 valence electrons. The van der Waals surface area contributed by atoms with Crippen molar-refractivity contribution in [3.63, 3.8) is 0 Å². The van der Waals surface area contributed by atoms with Crippen molar-refractivity contribution in [2.24, 2.45) is 0 Å². The maximum Gasteiger partial charge on any atom is 0.240 e. The van der Waals surface area contributed by atoms with Gasteiger partial charge in [-0.2, -0.15) is 0 Å². The molecule has 28 heavy (non-hydrogen) atoms. The minimum atomic E-state index is -3.80. The number of hydrogen-bond acceptors (Lipinski definition) is 5. The molecule has 1 aromatic heterocycles. The van der Waals surface area contributed by atoms with Crippen LogP contribution in [0.1, 0.15) is 44.5 Å². The van der Waals surface area contributed by atoms with E-state index in [1.54, 1.807) is 29.7 Å². The van der Waals surface area contributed by atoms with Crippen LogP contribution in [-0.2, 0) is 14.8 Å². The fourth-order valence-corrected chi connectivity index (χ4v) is 4.89. The van der Waals surface area contributed by atoms with Crippen LogP contribution in [0.5, 0.6) is 0 Å². The predicted molar refractivity (Wildman–Crippen MR) is 103 cm³/mol. The van der Waals surface area contributed by atoms with Gasteiger partial charge < -0.3 is 9.30 Å². The number of sulfonamides is 1. The van der Waals surface area contributed by atoms with Crippen molar-refractivity contribution in [1.82, 2.24) is 19.5 Å². The van der Waals surface area contributed by atoms with Crippen molar-refractivity contribution >= 4 is 10.0 Å². The van der Waals surface area contributed by atoms with Gasteiger partial charge >= 0.3 is 0 Å². The Kier molecular flexibility index (Phi) is 6.79. The molecule has 7 nitrogen and oxygen atoms in total. The average molecular weight is 411 g/mol. The van der Waals surface area contributed by atoms with E-state index in [-0.39, 0.29) is 11.0 Å². The number of rotatable bonds is 8. The third kappa shape index (κ3) is 4.59. The lowest BCUT2D eigenvalue weighted by molar-refractivity contribution is -0.0447. The van der Waals surface area contributed by atoms with Crippen LogP contribution in [0.2, 0.25) is 0 Å². The molecule has 0 radical (unpaired) electrons. The molecule has 0 aliphatic heterocycles. The highest BCUT2D eigenvalue weighted by molar-refractivity contribution is 7.89. The Hall–Kier alpha value is -1.84. The summed E-state index contributed by atoms with van der Waals surface area (Å²) in [5.41, 5.74) is 0. The Bertz CT molecular complexity index is 859. The average Bonchev–Trinajstić information content (AvgIpc) is 3.10. The standard InChI is InChI=1S/C19H27FN4O3S/c1-3-4-12-27-17-11-10-16(18(20)19(17)24-13-21-22-14(24)2)23-28(25,26)15-8-6-5-7-9-15/h5-9,13,16-19,23H,3-4,10-12H2,1-2H3/t16-,17?,18?,19+/m0/s1. The number of unbranched alkanes of at least 4 members (excludes halogenated alkanes) is 1.